The van der Waals surface area contributed by atoms with Crippen LogP contribution in [-0.4, -0.2) is 53.1 Å². The normalized spacial score (nSPS) is 17.7. The Balaban J connectivity index is 1.51. The molecule has 0 bridgehead atoms. The van der Waals surface area contributed by atoms with Gasteiger partial charge in [0, 0.05) is 19.6 Å². The summed E-state index contributed by atoms with van der Waals surface area (Å²) >= 11 is 0. The van der Waals surface area contributed by atoms with E-state index in [2.05, 4.69) is 5.43 Å². The van der Waals surface area contributed by atoms with Crippen LogP contribution < -0.4 is 5.43 Å². The molecule has 2 aliphatic rings. The maximum Gasteiger partial charge on any atom is 0.422 e. The summed E-state index contributed by atoms with van der Waals surface area (Å²) in [6.45, 7) is 7.07. The number of benzene rings is 1. The van der Waals surface area contributed by atoms with Gasteiger partial charge in [-0.25, -0.2) is 9.80 Å². The first-order chi connectivity index (χ1) is 12.7. The number of hydrazine groups is 1. The van der Waals surface area contributed by atoms with E-state index in [1.54, 1.807) is 24.3 Å². The first kappa shape index (κ1) is 19.1. The van der Waals surface area contributed by atoms with Crippen LogP contribution in [0.1, 0.15) is 54.3 Å². The molecule has 0 unspecified atom stereocenters. The number of imide groups is 1. The molecule has 1 fully saturated rings. The quantitative estimate of drug-likeness (QED) is 0.653. The zero-order chi connectivity index (χ0) is 19.6. The topological polar surface area (TPSA) is 79.0 Å². The molecule has 27 heavy (non-hydrogen) atoms. The molecule has 144 valence electrons. The number of amides is 3. The van der Waals surface area contributed by atoms with Gasteiger partial charge in [-0.1, -0.05) is 23.8 Å². The molecule has 2 heterocycles. The molecule has 1 saturated heterocycles. The van der Waals surface area contributed by atoms with Crippen LogP contribution in [0.5, 0.6) is 0 Å². The molecular weight excluding hydrogens is 346 g/mol. The average Bonchev–Trinajstić information content (AvgIpc) is 2.84. The van der Waals surface area contributed by atoms with Crippen molar-refractivity contribution in [3.05, 3.63) is 47.0 Å². The minimum Gasteiger partial charge on any atom is -0.443 e. The van der Waals surface area contributed by atoms with E-state index in [9.17, 15) is 14.4 Å². The van der Waals surface area contributed by atoms with Gasteiger partial charge in [-0.3, -0.25) is 19.9 Å². The van der Waals surface area contributed by atoms with Gasteiger partial charge in [-0.15, -0.1) is 0 Å². The molecule has 0 aromatic heterocycles. The molecule has 0 saturated carbocycles. The average molecular weight is 371 g/mol. The first-order valence-electron chi connectivity index (χ1n) is 9.12. The van der Waals surface area contributed by atoms with Crippen molar-refractivity contribution in [3.8, 4) is 0 Å². The Morgan fingerprint density at radius 3 is 2.19 bits per heavy atom. The van der Waals surface area contributed by atoms with Crippen molar-refractivity contribution in [2.45, 2.75) is 39.2 Å². The summed E-state index contributed by atoms with van der Waals surface area (Å²) in [5.41, 5.74) is 4.33. The van der Waals surface area contributed by atoms with Gasteiger partial charge in [-0.2, -0.15) is 0 Å². The molecule has 7 nitrogen and oxygen atoms in total. The number of carbonyl (C=O) groups is 3. The van der Waals surface area contributed by atoms with Crippen LogP contribution in [0.3, 0.4) is 0 Å². The lowest BCUT2D eigenvalue weighted by molar-refractivity contribution is 0.0315. The number of hydrogen-bond donors (Lipinski definition) is 1. The number of carbonyl (C=O) groups excluding carboxylic acids is 3. The van der Waals surface area contributed by atoms with E-state index in [0.29, 0.717) is 24.2 Å². The highest BCUT2D eigenvalue weighted by atomic mass is 16.6. The van der Waals surface area contributed by atoms with Gasteiger partial charge in [0.1, 0.15) is 5.60 Å². The van der Waals surface area contributed by atoms with Gasteiger partial charge >= 0.3 is 6.09 Å². The minimum absolute atomic E-state index is 0.239. The van der Waals surface area contributed by atoms with Crippen LogP contribution in [0.4, 0.5) is 4.79 Å². The second kappa shape index (κ2) is 7.52. The maximum atomic E-state index is 12.4. The third kappa shape index (κ3) is 4.54. The SMILES string of the molecule is CC(C)(C)OC(=O)NN1CCC(=CCN2C(=O)c3ccccc3C2=O)CC1. The van der Waals surface area contributed by atoms with Crippen LogP contribution in [0.25, 0.3) is 0 Å². The predicted octanol–water partition coefficient (Wildman–Crippen LogP) is 2.74. The maximum absolute atomic E-state index is 12.4. The molecule has 1 N–H and O–H groups in total. The van der Waals surface area contributed by atoms with Crippen molar-refractivity contribution in [1.82, 2.24) is 15.3 Å². The molecule has 1 aromatic rings. The second-order valence-electron chi connectivity index (χ2n) is 7.73. The fourth-order valence-corrected chi connectivity index (χ4v) is 3.17. The summed E-state index contributed by atoms with van der Waals surface area (Å²) in [5, 5.41) is 1.83. The predicted molar refractivity (Wildman–Crippen MR) is 100 cm³/mol. The molecule has 3 amide bonds. The Morgan fingerprint density at radius 2 is 1.67 bits per heavy atom. The summed E-state index contributed by atoms with van der Waals surface area (Å²) in [6.07, 6.45) is 3.02. The zero-order valence-electron chi connectivity index (χ0n) is 15.9. The third-order valence-corrected chi connectivity index (χ3v) is 4.49. The Kier molecular flexibility index (Phi) is 5.32. The van der Waals surface area contributed by atoms with Crippen molar-refractivity contribution in [2.24, 2.45) is 0 Å². The number of rotatable bonds is 3. The Hall–Kier alpha value is -2.67. The largest absolute Gasteiger partial charge is 0.443 e. The van der Waals surface area contributed by atoms with Gasteiger partial charge in [0.2, 0.25) is 0 Å². The summed E-state index contributed by atoms with van der Waals surface area (Å²) in [4.78, 5) is 37.8. The van der Waals surface area contributed by atoms with Crippen LogP contribution >= 0.6 is 0 Å². The van der Waals surface area contributed by atoms with Gasteiger partial charge in [-0.05, 0) is 45.7 Å². The third-order valence-electron chi connectivity index (χ3n) is 4.49. The van der Waals surface area contributed by atoms with E-state index < -0.39 is 11.7 Å². The molecule has 0 atom stereocenters. The first-order valence-corrected chi connectivity index (χ1v) is 9.12. The molecule has 0 aliphatic carbocycles. The fraction of sp³-hybridized carbons (Fsp3) is 0.450. The fourth-order valence-electron chi connectivity index (χ4n) is 3.17. The molecular formula is C20H25N3O4. The van der Waals surface area contributed by atoms with Crippen LogP contribution in [-0.2, 0) is 4.74 Å². The highest BCUT2D eigenvalue weighted by molar-refractivity contribution is 6.21. The highest BCUT2D eigenvalue weighted by Gasteiger charge is 2.34. The number of nitrogens with one attached hydrogen (secondary N) is 1. The Labute approximate surface area is 158 Å². The minimum atomic E-state index is -0.530. The van der Waals surface area contributed by atoms with Crippen LogP contribution in [0.15, 0.2) is 35.9 Å². The smallest absolute Gasteiger partial charge is 0.422 e. The number of hydrogen-bond acceptors (Lipinski definition) is 5. The lowest BCUT2D eigenvalue weighted by Gasteiger charge is -2.30. The number of piperidine rings is 1. The van der Waals surface area contributed by atoms with Crippen LogP contribution in [0.2, 0.25) is 0 Å². The molecule has 3 rings (SSSR count). The van der Waals surface area contributed by atoms with Gasteiger partial charge in [0.05, 0.1) is 11.1 Å². The van der Waals surface area contributed by atoms with Gasteiger partial charge in [0.15, 0.2) is 0 Å². The van der Waals surface area contributed by atoms with Crippen LogP contribution in [0, 0.1) is 0 Å². The summed E-state index contributed by atoms with van der Waals surface area (Å²) < 4.78 is 5.25. The van der Waals surface area contributed by atoms with E-state index in [0.717, 1.165) is 12.8 Å². The zero-order valence-corrected chi connectivity index (χ0v) is 15.9. The Bertz CT molecular complexity index is 750. The van der Waals surface area contributed by atoms with Gasteiger partial charge in [0.25, 0.3) is 11.8 Å². The van der Waals surface area contributed by atoms with Crippen molar-refractivity contribution < 1.29 is 19.1 Å². The van der Waals surface area contributed by atoms with E-state index >= 15 is 0 Å². The number of nitrogens with zero attached hydrogens (tertiary/aromatic N) is 2. The lowest BCUT2D eigenvalue weighted by atomic mass is 10.0. The van der Waals surface area contributed by atoms with E-state index in [1.165, 1.54) is 10.5 Å². The molecule has 0 radical (unpaired) electrons. The Morgan fingerprint density at radius 1 is 1.11 bits per heavy atom. The van der Waals surface area contributed by atoms with Gasteiger partial charge < -0.3 is 4.74 Å². The van der Waals surface area contributed by atoms with Crippen molar-refractivity contribution in [1.29, 1.82) is 0 Å². The molecule has 1 aromatic carbocycles. The number of ether oxygens (including phenoxy) is 1. The standard InChI is InChI=1S/C20H25N3O4/c1-20(2,3)27-19(26)21-22-11-8-14(9-12-22)10-13-23-17(24)15-6-4-5-7-16(15)18(23)25/h4-7,10H,8-9,11-13H2,1-3H3,(H,21,26). The molecule has 0 spiro atoms. The number of fused-ring (bicyclic) bond motifs is 1. The highest BCUT2D eigenvalue weighted by Crippen LogP contribution is 2.23. The molecule has 2 aliphatic heterocycles. The summed E-state index contributed by atoms with van der Waals surface area (Å²) in [5.74, 6) is -0.479. The molecule has 7 heteroatoms. The van der Waals surface area contributed by atoms with Crippen molar-refractivity contribution in [2.75, 3.05) is 19.6 Å². The monoisotopic (exact) mass is 371 g/mol. The summed E-state index contributed by atoms with van der Waals surface area (Å²) in [7, 11) is 0. The van der Waals surface area contributed by atoms with E-state index in [4.69, 9.17) is 4.74 Å². The van der Waals surface area contributed by atoms with Crippen molar-refractivity contribution >= 4 is 17.9 Å². The van der Waals surface area contributed by atoms with E-state index in [-0.39, 0.29) is 18.4 Å². The lowest BCUT2D eigenvalue weighted by Crippen LogP contribution is -2.47. The summed E-state index contributed by atoms with van der Waals surface area (Å²) in [6, 6.07) is 6.89. The van der Waals surface area contributed by atoms with Crippen molar-refractivity contribution in [3.63, 3.8) is 0 Å². The van der Waals surface area contributed by atoms with E-state index in [1.807, 2.05) is 31.9 Å². The second-order valence-corrected chi connectivity index (χ2v) is 7.73.